The summed E-state index contributed by atoms with van der Waals surface area (Å²) in [5.41, 5.74) is 0. The lowest BCUT2D eigenvalue weighted by atomic mass is 10.3. The minimum absolute atomic E-state index is 0.251. The van der Waals surface area contributed by atoms with Crippen molar-refractivity contribution in [3.8, 4) is 0 Å². The molecule has 3 nitrogen and oxygen atoms in total. The zero-order valence-corrected chi connectivity index (χ0v) is 9.00. The zero-order valence-electron chi connectivity index (χ0n) is 9.00. The first-order valence-electron chi connectivity index (χ1n) is 5.72. The Morgan fingerprint density at radius 3 is 2.64 bits per heavy atom. The molecule has 2 rings (SSSR count). The van der Waals surface area contributed by atoms with Crippen LogP contribution in [0.2, 0.25) is 0 Å². The van der Waals surface area contributed by atoms with E-state index in [4.69, 9.17) is 9.47 Å². The van der Waals surface area contributed by atoms with Crippen LogP contribution in [0.25, 0.3) is 0 Å². The normalized spacial score (nSPS) is 23.8. The monoisotopic (exact) mass is 199 g/mol. The molecule has 82 valence electrons. The first kappa shape index (κ1) is 10.4. The fourth-order valence-electron chi connectivity index (χ4n) is 1.49. The zero-order chi connectivity index (χ0) is 9.80. The Hall–Kier alpha value is -0.120. The molecule has 0 amide bonds. The Morgan fingerprint density at radius 1 is 1.29 bits per heavy atom. The van der Waals surface area contributed by atoms with Crippen LogP contribution >= 0.6 is 0 Å². The predicted molar refractivity (Wildman–Crippen MR) is 55.4 cm³/mol. The first-order chi connectivity index (χ1) is 6.88. The fourth-order valence-corrected chi connectivity index (χ4v) is 1.49. The van der Waals surface area contributed by atoms with Crippen LogP contribution in [0.5, 0.6) is 0 Å². The third kappa shape index (κ3) is 3.95. The Kier molecular flexibility index (Phi) is 3.79. The molecule has 0 aromatic heterocycles. The van der Waals surface area contributed by atoms with Gasteiger partial charge in [-0.1, -0.05) is 0 Å². The van der Waals surface area contributed by atoms with E-state index < -0.39 is 0 Å². The molecular weight excluding hydrogens is 178 g/mol. The third-order valence-corrected chi connectivity index (χ3v) is 2.83. The Morgan fingerprint density at radius 2 is 2.07 bits per heavy atom. The Balaban J connectivity index is 1.57. The van der Waals surface area contributed by atoms with E-state index in [1.165, 1.54) is 25.7 Å². The minimum atomic E-state index is 0.251. The molecule has 1 unspecified atom stereocenters. The summed E-state index contributed by atoms with van der Waals surface area (Å²) < 4.78 is 10.9. The van der Waals surface area contributed by atoms with Gasteiger partial charge >= 0.3 is 0 Å². The molecule has 1 atom stereocenters. The molecule has 0 heterocycles. The lowest BCUT2D eigenvalue weighted by Crippen LogP contribution is -2.34. The molecule has 2 saturated carbocycles. The van der Waals surface area contributed by atoms with Gasteiger partial charge in [0.1, 0.15) is 0 Å². The van der Waals surface area contributed by atoms with Gasteiger partial charge in [0.2, 0.25) is 0 Å². The van der Waals surface area contributed by atoms with Crippen molar-refractivity contribution in [1.82, 2.24) is 5.32 Å². The quantitative estimate of drug-likeness (QED) is 0.637. The maximum Gasteiger partial charge on any atom is 0.0932 e. The van der Waals surface area contributed by atoms with E-state index in [2.05, 4.69) is 5.32 Å². The lowest BCUT2D eigenvalue weighted by Gasteiger charge is -2.17. The molecule has 3 heteroatoms. The number of ether oxygens (including phenoxy) is 2. The topological polar surface area (TPSA) is 30.5 Å². The summed E-state index contributed by atoms with van der Waals surface area (Å²) in [6.45, 7) is 2.60. The van der Waals surface area contributed by atoms with Crippen molar-refractivity contribution in [2.45, 2.75) is 37.8 Å². The molecular formula is C11H21NO2. The van der Waals surface area contributed by atoms with E-state index in [-0.39, 0.29) is 6.10 Å². The maximum absolute atomic E-state index is 5.80. The molecule has 0 saturated heterocycles. The van der Waals surface area contributed by atoms with Gasteiger partial charge < -0.3 is 14.8 Å². The number of hydrogen-bond donors (Lipinski definition) is 1. The fraction of sp³-hybridized carbons (Fsp3) is 1.00. The second-order valence-electron chi connectivity index (χ2n) is 4.54. The van der Waals surface area contributed by atoms with E-state index in [1.807, 2.05) is 0 Å². The van der Waals surface area contributed by atoms with Gasteiger partial charge in [-0.05, 0) is 31.6 Å². The molecule has 0 spiro atoms. The molecule has 2 aliphatic carbocycles. The van der Waals surface area contributed by atoms with Gasteiger partial charge in [0.05, 0.1) is 12.7 Å². The van der Waals surface area contributed by atoms with Crippen LogP contribution in [0.4, 0.5) is 0 Å². The van der Waals surface area contributed by atoms with Crippen LogP contribution in [-0.2, 0) is 9.47 Å². The Labute approximate surface area is 86.2 Å². The molecule has 0 bridgehead atoms. The Bertz CT molecular complexity index is 151. The smallest absolute Gasteiger partial charge is 0.0932 e. The number of nitrogens with one attached hydrogen (secondary N) is 1. The van der Waals surface area contributed by atoms with Crippen molar-refractivity contribution in [3.05, 3.63) is 0 Å². The van der Waals surface area contributed by atoms with Crippen molar-refractivity contribution in [3.63, 3.8) is 0 Å². The summed E-state index contributed by atoms with van der Waals surface area (Å²) in [6.07, 6.45) is 5.64. The van der Waals surface area contributed by atoms with Crippen molar-refractivity contribution >= 4 is 0 Å². The van der Waals surface area contributed by atoms with Gasteiger partial charge in [0.15, 0.2) is 0 Å². The van der Waals surface area contributed by atoms with Gasteiger partial charge in [0.25, 0.3) is 0 Å². The van der Waals surface area contributed by atoms with Gasteiger partial charge in [-0.2, -0.15) is 0 Å². The van der Waals surface area contributed by atoms with Crippen LogP contribution in [0, 0.1) is 5.92 Å². The van der Waals surface area contributed by atoms with Crippen LogP contribution in [-0.4, -0.2) is 39.0 Å². The average Bonchev–Trinajstić information content (AvgIpc) is 3.02. The molecule has 2 fully saturated rings. The standard InChI is InChI=1S/C11H21NO2/c1-13-8-11(6-12-10-4-5-10)14-7-9-2-3-9/h9-12H,2-8H2,1H3. The van der Waals surface area contributed by atoms with Gasteiger partial charge in [-0.3, -0.25) is 0 Å². The third-order valence-electron chi connectivity index (χ3n) is 2.83. The highest BCUT2D eigenvalue weighted by molar-refractivity contribution is 4.82. The lowest BCUT2D eigenvalue weighted by molar-refractivity contribution is -0.00567. The van der Waals surface area contributed by atoms with Crippen molar-refractivity contribution in [2.24, 2.45) is 5.92 Å². The molecule has 0 radical (unpaired) electrons. The van der Waals surface area contributed by atoms with Crippen LogP contribution in [0.1, 0.15) is 25.7 Å². The SMILES string of the molecule is COCC(CNC1CC1)OCC1CC1. The maximum atomic E-state index is 5.80. The summed E-state index contributed by atoms with van der Waals surface area (Å²) >= 11 is 0. The predicted octanol–water partition coefficient (Wildman–Crippen LogP) is 1.18. The molecule has 1 N–H and O–H groups in total. The number of methoxy groups -OCH3 is 1. The van der Waals surface area contributed by atoms with Gasteiger partial charge in [-0.25, -0.2) is 0 Å². The van der Waals surface area contributed by atoms with Crippen molar-refractivity contribution in [1.29, 1.82) is 0 Å². The summed E-state index contributed by atoms with van der Waals surface area (Å²) in [7, 11) is 1.74. The molecule has 0 aromatic rings. The van der Waals surface area contributed by atoms with E-state index in [1.54, 1.807) is 7.11 Å². The molecule has 0 aromatic carbocycles. The van der Waals surface area contributed by atoms with Crippen molar-refractivity contribution < 1.29 is 9.47 Å². The molecule has 14 heavy (non-hydrogen) atoms. The first-order valence-corrected chi connectivity index (χ1v) is 5.72. The molecule has 2 aliphatic rings. The van der Waals surface area contributed by atoms with Crippen LogP contribution < -0.4 is 5.32 Å². The van der Waals surface area contributed by atoms with Crippen LogP contribution in [0.15, 0.2) is 0 Å². The largest absolute Gasteiger partial charge is 0.382 e. The van der Waals surface area contributed by atoms with Gasteiger partial charge in [0, 0.05) is 26.3 Å². The molecule has 0 aliphatic heterocycles. The summed E-state index contributed by atoms with van der Waals surface area (Å²) in [5.74, 6) is 0.843. The summed E-state index contributed by atoms with van der Waals surface area (Å²) in [6, 6.07) is 0.763. The highest BCUT2D eigenvalue weighted by atomic mass is 16.5. The average molecular weight is 199 g/mol. The van der Waals surface area contributed by atoms with Crippen LogP contribution in [0.3, 0.4) is 0 Å². The highest BCUT2D eigenvalue weighted by Gasteiger charge is 2.25. The second-order valence-corrected chi connectivity index (χ2v) is 4.54. The van der Waals surface area contributed by atoms with E-state index in [0.29, 0.717) is 6.61 Å². The van der Waals surface area contributed by atoms with E-state index >= 15 is 0 Å². The number of rotatable bonds is 8. The van der Waals surface area contributed by atoms with E-state index in [9.17, 15) is 0 Å². The van der Waals surface area contributed by atoms with E-state index in [0.717, 1.165) is 25.1 Å². The summed E-state index contributed by atoms with van der Waals surface area (Å²) in [5, 5.41) is 3.48. The van der Waals surface area contributed by atoms with Crippen molar-refractivity contribution in [2.75, 3.05) is 26.9 Å². The van der Waals surface area contributed by atoms with Gasteiger partial charge in [-0.15, -0.1) is 0 Å². The summed E-state index contributed by atoms with van der Waals surface area (Å²) in [4.78, 5) is 0. The number of hydrogen-bond acceptors (Lipinski definition) is 3. The highest BCUT2D eigenvalue weighted by Crippen LogP contribution is 2.29. The minimum Gasteiger partial charge on any atom is -0.382 e. The second kappa shape index (κ2) is 5.10.